The van der Waals surface area contributed by atoms with E-state index in [2.05, 4.69) is 11.9 Å². The lowest BCUT2D eigenvalue weighted by atomic mass is 9.98. The number of nitrogens with zero attached hydrogens (tertiary/aromatic N) is 1. The van der Waals surface area contributed by atoms with Crippen LogP contribution in [0.15, 0.2) is 12.1 Å². The third-order valence-electron chi connectivity index (χ3n) is 3.08. The molecule has 0 aromatic carbocycles. The third-order valence-corrected chi connectivity index (χ3v) is 3.28. The highest BCUT2D eigenvalue weighted by Gasteiger charge is 2.38. The summed E-state index contributed by atoms with van der Waals surface area (Å²) in [5, 5.41) is 0.418. The van der Waals surface area contributed by atoms with Crippen molar-refractivity contribution in [1.29, 1.82) is 0 Å². The Balaban J connectivity index is 2.28. The van der Waals surface area contributed by atoms with E-state index in [0.29, 0.717) is 25.0 Å². The molecule has 1 atom stereocenters. The Morgan fingerprint density at radius 1 is 1.50 bits per heavy atom. The minimum absolute atomic E-state index is 0.418. The molecule has 1 aliphatic heterocycles. The van der Waals surface area contributed by atoms with E-state index in [1.165, 1.54) is 0 Å². The zero-order valence-corrected chi connectivity index (χ0v) is 11.5. The number of rotatable bonds is 5. The molecule has 0 bridgehead atoms. The van der Waals surface area contributed by atoms with E-state index in [-0.39, 0.29) is 0 Å². The van der Waals surface area contributed by atoms with Gasteiger partial charge in [-0.1, -0.05) is 18.5 Å². The molecule has 1 unspecified atom stereocenters. The standard InChI is InChI=1S/C13H18ClNO3/c1-3-5-18-10-7-11(15-12(14)8-10)13(16-2)4-6-17-9-13/h7-8H,3-6,9H2,1-2H3. The van der Waals surface area contributed by atoms with Crippen molar-refractivity contribution in [2.45, 2.75) is 25.4 Å². The molecule has 0 N–H and O–H groups in total. The lowest BCUT2D eigenvalue weighted by Crippen LogP contribution is -2.30. The first-order valence-electron chi connectivity index (χ1n) is 6.14. The molecule has 0 radical (unpaired) electrons. The summed E-state index contributed by atoms with van der Waals surface area (Å²) in [6.07, 6.45) is 1.73. The molecular weight excluding hydrogens is 254 g/mol. The molecule has 1 fully saturated rings. The van der Waals surface area contributed by atoms with Crippen molar-refractivity contribution in [2.75, 3.05) is 26.9 Å². The van der Waals surface area contributed by atoms with Gasteiger partial charge in [0.1, 0.15) is 16.5 Å². The molecule has 1 aromatic rings. The average molecular weight is 272 g/mol. The summed E-state index contributed by atoms with van der Waals surface area (Å²) in [4.78, 5) is 4.35. The maximum atomic E-state index is 6.04. The molecular formula is C13H18ClNO3. The quantitative estimate of drug-likeness (QED) is 0.772. The van der Waals surface area contributed by atoms with Crippen molar-refractivity contribution < 1.29 is 14.2 Å². The molecule has 0 saturated carbocycles. The van der Waals surface area contributed by atoms with Gasteiger partial charge in [0.25, 0.3) is 0 Å². The van der Waals surface area contributed by atoms with Crippen molar-refractivity contribution in [3.63, 3.8) is 0 Å². The maximum Gasteiger partial charge on any atom is 0.135 e. The highest BCUT2D eigenvalue weighted by Crippen LogP contribution is 2.35. The van der Waals surface area contributed by atoms with Gasteiger partial charge in [0.05, 0.1) is 18.9 Å². The summed E-state index contributed by atoms with van der Waals surface area (Å²) < 4.78 is 16.6. The zero-order valence-electron chi connectivity index (χ0n) is 10.7. The summed E-state index contributed by atoms with van der Waals surface area (Å²) in [5.41, 5.74) is 0.288. The van der Waals surface area contributed by atoms with Crippen LogP contribution in [0.5, 0.6) is 5.75 Å². The van der Waals surface area contributed by atoms with Gasteiger partial charge in [-0.05, 0) is 6.42 Å². The molecule has 100 valence electrons. The molecule has 0 spiro atoms. The fraction of sp³-hybridized carbons (Fsp3) is 0.615. The number of hydrogen-bond acceptors (Lipinski definition) is 4. The second kappa shape index (κ2) is 5.87. The number of pyridine rings is 1. The van der Waals surface area contributed by atoms with E-state index in [4.69, 9.17) is 25.8 Å². The molecule has 0 amide bonds. The molecule has 1 aliphatic rings. The van der Waals surface area contributed by atoms with Crippen molar-refractivity contribution in [3.05, 3.63) is 23.0 Å². The summed E-state index contributed by atoms with van der Waals surface area (Å²) in [7, 11) is 1.67. The summed E-state index contributed by atoms with van der Waals surface area (Å²) in [6.45, 7) is 3.90. The molecule has 5 heteroatoms. The minimum Gasteiger partial charge on any atom is -0.493 e. The van der Waals surface area contributed by atoms with Crippen LogP contribution < -0.4 is 4.74 Å². The Labute approximate surface area is 112 Å². The first-order chi connectivity index (χ1) is 8.70. The van der Waals surface area contributed by atoms with Crippen molar-refractivity contribution in [3.8, 4) is 5.75 Å². The summed E-state index contributed by atoms with van der Waals surface area (Å²) >= 11 is 6.04. The average Bonchev–Trinajstić information content (AvgIpc) is 2.85. The lowest BCUT2D eigenvalue weighted by molar-refractivity contribution is -0.0247. The van der Waals surface area contributed by atoms with Gasteiger partial charge in [-0.2, -0.15) is 0 Å². The van der Waals surface area contributed by atoms with Crippen LogP contribution in [-0.4, -0.2) is 31.9 Å². The molecule has 1 aromatic heterocycles. The zero-order chi connectivity index (χ0) is 13.0. The normalized spacial score (nSPS) is 23.3. The van der Waals surface area contributed by atoms with Crippen LogP contribution in [0, 0.1) is 0 Å². The van der Waals surface area contributed by atoms with E-state index >= 15 is 0 Å². The second-order valence-electron chi connectivity index (χ2n) is 4.36. The van der Waals surface area contributed by atoms with Crippen LogP contribution >= 0.6 is 11.6 Å². The van der Waals surface area contributed by atoms with Crippen molar-refractivity contribution in [1.82, 2.24) is 4.98 Å². The predicted octanol–water partition coefficient (Wildman–Crippen LogP) is 2.79. The Kier molecular flexibility index (Phi) is 4.43. The van der Waals surface area contributed by atoms with Crippen LogP contribution in [-0.2, 0) is 15.1 Å². The Bertz CT molecular complexity index is 405. The van der Waals surface area contributed by atoms with E-state index in [1.807, 2.05) is 6.07 Å². The van der Waals surface area contributed by atoms with Gasteiger partial charge in [0.15, 0.2) is 0 Å². The van der Waals surface area contributed by atoms with E-state index in [1.54, 1.807) is 13.2 Å². The van der Waals surface area contributed by atoms with Crippen molar-refractivity contribution in [2.24, 2.45) is 0 Å². The van der Waals surface area contributed by atoms with Crippen LogP contribution in [0.25, 0.3) is 0 Å². The highest BCUT2D eigenvalue weighted by atomic mass is 35.5. The molecule has 4 nitrogen and oxygen atoms in total. The molecule has 2 rings (SSSR count). The Hall–Kier alpha value is -0.840. The van der Waals surface area contributed by atoms with E-state index in [9.17, 15) is 0 Å². The maximum absolute atomic E-state index is 6.04. The number of aromatic nitrogens is 1. The summed E-state index contributed by atoms with van der Waals surface area (Å²) in [6, 6.07) is 3.61. The molecule has 18 heavy (non-hydrogen) atoms. The topological polar surface area (TPSA) is 40.6 Å². The monoisotopic (exact) mass is 271 g/mol. The van der Waals surface area contributed by atoms with Gasteiger partial charge in [-0.15, -0.1) is 0 Å². The lowest BCUT2D eigenvalue weighted by Gasteiger charge is -2.25. The fourth-order valence-corrected chi connectivity index (χ4v) is 2.22. The highest BCUT2D eigenvalue weighted by molar-refractivity contribution is 6.29. The first-order valence-corrected chi connectivity index (χ1v) is 6.52. The number of hydrogen-bond donors (Lipinski definition) is 0. The van der Waals surface area contributed by atoms with Gasteiger partial charge < -0.3 is 14.2 Å². The molecule has 0 aliphatic carbocycles. The first kappa shape index (κ1) is 13.6. The van der Waals surface area contributed by atoms with Gasteiger partial charge in [0.2, 0.25) is 0 Å². The van der Waals surface area contributed by atoms with Gasteiger partial charge in [0, 0.05) is 32.3 Å². The van der Waals surface area contributed by atoms with Gasteiger partial charge in [-0.25, -0.2) is 4.98 Å². The van der Waals surface area contributed by atoms with Crippen LogP contribution in [0.3, 0.4) is 0 Å². The summed E-state index contributed by atoms with van der Waals surface area (Å²) in [5.74, 6) is 0.732. The largest absolute Gasteiger partial charge is 0.493 e. The molecule has 1 saturated heterocycles. The van der Waals surface area contributed by atoms with E-state index in [0.717, 1.165) is 24.3 Å². The molecule has 2 heterocycles. The van der Waals surface area contributed by atoms with Gasteiger partial charge >= 0.3 is 0 Å². The number of ether oxygens (including phenoxy) is 3. The van der Waals surface area contributed by atoms with Crippen LogP contribution in [0.2, 0.25) is 5.15 Å². The Morgan fingerprint density at radius 2 is 2.33 bits per heavy atom. The second-order valence-corrected chi connectivity index (χ2v) is 4.75. The van der Waals surface area contributed by atoms with Crippen LogP contribution in [0.4, 0.5) is 0 Å². The third kappa shape index (κ3) is 2.76. The minimum atomic E-state index is -0.491. The number of halogens is 1. The number of methoxy groups -OCH3 is 1. The van der Waals surface area contributed by atoms with Crippen molar-refractivity contribution >= 4 is 11.6 Å². The predicted molar refractivity (Wildman–Crippen MR) is 69.2 cm³/mol. The van der Waals surface area contributed by atoms with Gasteiger partial charge in [-0.3, -0.25) is 0 Å². The fourth-order valence-electron chi connectivity index (χ4n) is 2.02. The van der Waals surface area contributed by atoms with Crippen LogP contribution in [0.1, 0.15) is 25.5 Å². The smallest absolute Gasteiger partial charge is 0.135 e. The Morgan fingerprint density at radius 3 is 2.94 bits per heavy atom. The van der Waals surface area contributed by atoms with E-state index < -0.39 is 5.60 Å². The SMILES string of the molecule is CCCOc1cc(Cl)nc(C2(OC)CCOC2)c1.